The van der Waals surface area contributed by atoms with Crippen molar-refractivity contribution in [3.63, 3.8) is 0 Å². The number of nitriles is 1. The van der Waals surface area contributed by atoms with E-state index in [0.29, 0.717) is 0 Å². The Balaban J connectivity index is 3.66. The summed E-state index contributed by atoms with van der Waals surface area (Å²) in [4.78, 5) is -0.873. The molecule has 0 aromatic carbocycles. The molecule has 0 saturated carbocycles. The monoisotopic (exact) mass is 137 g/mol. The number of hydrogen-bond acceptors (Lipinski definition) is 1. The maximum absolute atomic E-state index is 8.13. The normalized spacial score (nSPS) is 17.4. The lowest BCUT2D eigenvalue weighted by Crippen LogP contribution is -2.13. The summed E-state index contributed by atoms with van der Waals surface area (Å²) in [6.45, 7) is 1.57. The van der Waals surface area contributed by atoms with Gasteiger partial charge < -0.3 is 0 Å². The second kappa shape index (κ2) is 2.40. The highest BCUT2D eigenvalue weighted by Gasteiger charge is 2.16. The van der Waals surface area contributed by atoms with Crippen LogP contribution in [0.15, 0.2) is 0 Å². The third-order valence-electron chi connectivity index (χ3n) is 0.484. The highest BCUT2D eigenvalue weighted by Crippen LogP contribution is 2.13. The van der Waals surface area contributed by atoms with E-state index in [1.165, 1.54) is 0 Å². The van der Waals surface area contributed by atoms with Gasteiger partial charge in [-0.3, -0.25) is 0 Å². The average Bonchev–Trinajstić information content (AvgIpc) is 1.68. The lowest BCUT2D eigenvalue weighted by atomic mass is 10.2. The Hall–Kier alpha value is 0.0700. The molecule has 0 heterocycles. The third kappa shape index (κ3) is 2.73. The predicted octanol–water partition coefficient (Wildman–Crippen LogP) is 1.75. The predicted molar refractivity (Wildman–Crippen MR) is 30.6 cm³/mol. The van der Waals surface area contributed by atoms with Crippen molar-refractivity contribution in [2.75, 3.05) is 5.88 Å². The van der Waals surface area contributed by atoms with E-state index in [1.54, 1.807) is 6.92 Å². The van der Waals surface area contributed by atoms with Crippen LogP contribution >= 0.6 is 23.2 Å². The molecule has 0 radical (unpaired) electrons. The number of nitrogens with zero attached hydrogens (tertiary/aromatic N) is 1. The van der Waals surface area contributed by atoms with Crippen molar-refractivity contribution in [1.82, 2.24) is 0 Å². The van der Waals surface area contributed by atoms with Crippen LogP contribution in [0.5, 0.6) is 0 Å². The average molecular weight is 138 g/mol. The van der Waals surface area contributed by atoms with Crippen LogP contribution in [0.4, 0.5) is 0 Å². The number of hydrogen-bond donors (Lipinski definition) is 0. The number of rotatable bonds is 1. The molecule has 0 rings (SSSR count). The maximum Gasteiger partial charge on any atom is 0.141 e. The topological polar surface area (TPSA) is 23.8 Å². The van der Waals surface area contributed by atoms with Crippen molar-refractivity contribution in [3.05, 3.63) is 0 Å². The summed E-state index contributed by atoms with van der Waals surface area (Å²) >= 11 is 10.7. The van der Waals surface area contributed by atoms with Gasteiger partial charge in [-0.2, -0.15) is 5.26 Å². The van der Waals surface area contributed by atoms with E-state index in [4.69, 9.17) is 28.5 Å². The molecule has 0 bridgehead atoms. The first-order chi connectivity index (χ1) is 3.12. The zero-order valence-electron chi connectivity index (χ0n) is 3.91. The maximum atomic E-state index is 8.13. The summed E-state index contributed by atoms with van der Waals surface area (Å²) in [7, 11) is 0. The minimum absolute atomic E-state index is 0.172. The van der Waals surface area contributed by atoms with Crippen molar-refractivity contribution >= 4 is 23.2 Å². The van der Waals surface area contributed by atoms with E-state index in [2.05, 4.69) is 0 Å². The van der Waals surface area contributed by atoms with Crippen LogP contribution in [0.1, 0.15) is 6.92 Å². The first-order valence-electron chi connectivity index (χ1n) is 1.78. The molecule has 0 unspecified atom stereocenters. The van der Waals surface area contributed by atoms with E-state index < -0.39 is 4.87 Å². The summed E-state index contributed by atoms with van der Waals surface area (Å²) < 4.78 is 0. The molecular formula is C4H5Cl2N. The zero-order chi connectivity index (χ0) is 5.91. The van der Waals surface area contributed by atoms with Crippen molar-refractivity contribution in [2.24, 2.45) is 0 Å². The summed E-state index contributed by atoms with van der Waals surface area (Å²) in [5.41, 5.74) is 0. The van der Waals surface area contributed by atoms with Gasteiger partial charge in [0, 0.05) is 0 Å². The van der Waals surface area contributed by atoms with Crippen molar-refractivity contribution in [1.29, 1.82) is 5.26 Å². The molecule has 0 saturated heterocycles. The Morgan fingerprint density at radius 3 is 2.29 bits per heavy atom. The second-order valence-electron chi connectivity index (χ2n) is 1.44. The van der Waals surface area contributed by atoms with Crippen LogP contribution in [0.25, 0.3) is 0 Å². The molecule has 0 fully saturated rings. The fraction of sp³-hybridized carbons (Fsp3) is 0.750. The Kier molecular flexibility index (Phi) is 2.42. The van der Waals surface area contributed by atoms with Crippen LogP contribution in [-0.4, -0.2) is 10.8 Å². The highest BCUT2D eigenvalue weighted by molar-refractivity contribution is 6.32. The Bertz CT molecular complexity index is 92.4. The molecule has 7 heavy (non-hydrogen) atoms. The molecule has 0 aliphatic heterocycles. The van der Waals surface area contributed by atoms with Gasteiger partial charge in [0.2, 0.25) is 0 Å². The standard InChI is InChI=1S/C4H5Cl2N/c1-4(6,2-5)3-7/h2H2,1H3/t4-/m1/s1. The first kappa shape index (κ1) is 7.07. The third-order valence-corrected chi connectivity index (χ3v) is 1.37. The van der Waals surface area contributed by atoms with E-state index in [-0.39, 0.29) is 5.88 Å². The first-order valence-corrected chi connectivity index (χ1v) is 2.70. The van der Waals surface area contributed by atoms with E-state index in [1.807, 2.05) is 6.07 Å². The van der Waals surface area contributed by atoms with Crippen LogP contribution in [0.3, 0.4) is 0 Å². The summed E-state index contributed by atoms with van der Waals surface area (Å²) in [6, 6.07) is 1.82. The van der Waals surface area contributed by atoms with Gasteiger partial charge in [0.25, 0.3) is 0 Å². The highest BCUT2D eigenvalue weighted by atomic mass is 35.5. The van der Waals surface area contributed by atoms with Crippen LogP contribution in [0.2, 0.25) is 0 Å². The smallest absolute Gasteiger partial charge is 0.141 e. The molecule has 0 N–H and O–H groups in total. The lowest BCUT2D eigenvalue weighted by Gasteiger charge is -2.03. The number of alkyl halides is 2. The van der Waals surface area contributed by atoms with E-state index >= 15 is 0 Å². The molecule has 0 aliphatic carbocycles. The molecule has 40 valence electrons. The Morgan fingerprint density at radius 2 is 2.29 bits per heavy atom. The SMILES string of the molecule is C[C@](Cl)(C#N)CCl. The van der Waals surface area contributed by atoms with Gasteiger partial charge in [0.05, 0.1) is 11.9 Å². The van der Waals surface area contributed by atoms with Gasteiger partial charge >= 0.3 is 0 Å². The van der Waals surface area contributed by atoms with Crippen molar-refractivity contribution < 1.29 is 0 Å². The Morgan fingerprint density at radius 1 is 1.86 bits per heavy atom. The van der Waals surface area contributed by atoms with Gasteiger partial charge in [-0.25, -0.2) is 0 Å². The van der Waals surface area contributed by atoms with E-state index in [0.717, 1.165) is 0 Å². The largest absolute Gasteiger partial charge is 0.196 e. The quantitative estimate of drug-likeness (QED) is 0.506. The van der Waals surface area contributed by atoms with Crippen molar-refractivity contribution in [3.8, 4) is 6.07 Å². The van der Waals surface area contributed by atoms with Crippen molar-refractivity contribution in [2.45, 2.75) is 11.8 Å². The second-order valence-corrected chi connectivity index (χ2v) is 2.54. The van der Waals surface area contributed by atoms with Crippen LogP contribution in [0, 0.1) is 11.3 Å². The molecule has 0 amide bonds. The fourth-order valence-electron chi connectivity index (χ4n) is 0.0299. The molecule has 0 spiro atoms. The lowest BCUT2D eigenvalue weighted by molar-refractivity contribution is 0.907. The molecule has 3 heteroatoms. The minimum atomic E-state index is -0.873. The summed E-state index contributed by atoms with van der Waals surface area (Å²) in [5.74, 6) is 0.172. The summed E-state index contributed by atoms with van der Waals surface area (Å²) in [6.07, 6.45) is 0. The van der Waals surface area contributed by atoms with E-state index in [9.17, 15) is 0 Å². The van der Waals surface area contributed by atoms with Gasteiger partial charge in [-0.1, -0.05) is 0 Å². The van der Waals surface area contributed by atoms with Gasteiger partial charge in [-0.15, -0.1) is 23.2 Å². The molecular weight excluding hydrogens is 133 g/mol. The Labute approximate surface area is 52.8 Å². The van der Waals surface area contributed by atoms with Crippen LogP contribution in [-0.2, 0) is 0 Å². The molecule has 0 aromatic heterocycles. The van der Waals surface area contributed by atoms with Gasteiger partial charge in [-0.05, 0) is 6.92 Å². The minimum Gasteiger partial charge on any atom is -0.196 e. The molecule has 1 nitrogen and oxygen atoms in total. The molecule has 0 aliphatic rings. The number of halogens is 2. The van der Waals surface area contributed by atoms with Gasteiger partial charge in [0.1, 0.15) is 4.87 Å². The molecule has 1 atom stereocenters. The fourth-order valence-corrected chi connectivity index (χ4v) is 0.0896. The summed E-state index contributed by atoms with van der Waals surface area (Å²) in [5, 5.41) is 8.13. The molecule has 0 aromatic rings. The zero-order valence-corrected chi connectivity index (χ0v) is 5.42. The van der Waals surface area contributed by atoms with Crippen LogP contribution < -0.4 is 0 Å². The van der Waals surface area contributed by atoms with Gasteiger partial charge in [0.15, 0.2) is 0 Å².